The fourth-order valence-electron chi connectivity index (χ4n) is 2.13. The molecule has 1 unspecified atom stereocenters. The fraction of sp³-hybridized carbons (Fsp3) is 0.500. The van der Waals surface area contributed by atoms with E-state index in [9.17, 15) is 9.59 Å². The molecular formula is C16H22N2O4. The van der Waals surface area contributed by atoms with Crippen LogP contribution >= 0.6 is 0 Å². The van der Waals surface area contributed by atoms with Crippen molar-refractivity contribution in [1.29, 1.82) is 0 Å². The Morgan fingerprint density at radius 2 is 2.09 bits per heavy atom. The first-order valence-corrected chi connectivity index (χ1v) is 7.37. The second-order valence-corrected chi connectivity index (χ2v) is 5.40. The van der Waals surface area contributed by atoms with Crippen LogP contribution in [-0.4, -0.2) is 54.8 Å². The highest BCUT2D eigenvalue weighted by Gasteiger charge is 2.24. The molecule has 1 heterocycles. The number of benzene rings is 1. The van der Waals surface area contributed by atoms with Crippen LogP contribution in [0.2, 0.25) is 0 Å². The molecule has 1 aliphatic heterocycles. The van der Waals surface area contributed by atoms with Crippen molar-refractivity contribution in [3.8, 4) is 0 Å². The van der Waals surface area contributed by atoms with Crippen LogP contribution in [0.5, 0.6) is 0 Å². The Hall–Kier alpha value is -2.08. The highest BCUT2D eigenvalue weighted by atomic mass is 16.6. The zero-order valence-electron chi connectivity index (χ0n) is 13.0. The smallest absolute Gasteiger partial charge is 0.410 e. The molecule has 1 aromatic carbocycles. The highest BCUT2D eigenvalue weighted by Crippen LogP contribution is 2.10. The number of rotatable bonds is 5. The summed E-state index contributed by atoms with van der Waals surface area (Å²) >= 11 is 0. The molecule has 6 nitrogen and oxygen atoms in total. The Kier molecular flexibility index (Phi) is 5.77. The molecule has 1 fully saturated rings. The average molecular weight is 306 g/mol. The SMILES string of the molecule is CC(CC(=O)N1CCOC1)N(C)C(=O)OCc1ccccc1. The fourth-order valence-corrected chi connectivity index (χ4v) is 2.13. The minimum Gasteiger partial charge on any atom is -0.445 e. The van der Waals surface area contributed by atoms with E-state index in [1.165, 1.54) is 4.90 Å². The van der Waals surface area contributed by atoms with Gasteiger partial charge in [0.2, 0.25) is 5.91 Å². The van der Waals surface area contributed by atoms with Crippen molar-refractivity contribution in [3.05, 3.63) is 35.9 Å². The summed E-state index contributed by atoms with van der Waals surface area (Å²) in [6.07, 6.45) is -0.165. The van der Waals surface area contributed by atoms with Crippen LogP contribution in [0, 0.1) is 0 Å². The van der Waals surface area contributed by atoms with E-state index >= 15 is 0 Å². The van der Waals surface area contributed by atoms with Crippen molar-refractivity contribution in [3.63, 3.8) is 0 Å². The molecule has 120 valence electrons. The van der Waals surface area contributed by atoms with Crippen LogP contribution in [0.3, 0.4) is 0 Å². The molecule has 1 aliphatic rings. The predicted molar refractivity (Wildman–Crippen MR) is 81.0 cm³/mol. The number of nitrogens with zero attached hydrogens (tertiary/aromatic N) is 2. The van der Waals surface area contributed by atoms with Crippen LogP contribution in [-0.2, 0) is 20.9 Å². The van der Waals surface area contributed by atoms with Crippen LogP contribution in [0.4, 0.5) is 4.79 Å². The summed E-state index contributed by atoms with van der Waals surface area (Å²) in [6.45, 7) is 3.60. The minimum atomic E-state index is -0.429. The summed E-state index contributed by atoms with van der Waals surface area (Å²) in [5.74, 6) is -0.00675. The molecule has 0 aromatic heterocycles. The Morgan fingerprint density at radius 3 is 2.73 bits per heavy atom. The zero-order valence-corrected chi connectivity index (χ0v) is 13.0. The van der Waals surface area contributed by atoms with Gasteiger partial charge in [-0.05, 0) is 12.5 Å². The Labute approximate surface area is 130 Å². The molecule has 2 rings (SSSR count). The third kappa shape index (κ3) is 4.46. The first kappa shape index (κ1) is 16.3. The van der Waals surface area contributed by atoms with E-state index in [0.717, 1.165) is 5.56 Å². The van der Waals surface area contributed by atoms with E-state index in [4.69, 9.17) is 9.47 Å². The predicted octanol–water partition coefficient (Wildman–Crippen LogP) is 1.85. The zero-order chi connectivity index (χ0) is 15.9. The molecule has 0 spiro atoms. The van der Waals surface area contributed by atoms with Crippen LogP contribution in [0.1, 0.15) is 18.9 Å². The molecule has 6 heteroatoms. The molecule has 22 heavy (non-hydrogen) atoms. The van der Waals surface area contributed by atoms with Gasteiger partial charge >= 0.3 is 6.09 Å². The largest absolute Gasteiger partial charge is 0.445 e. The maximum Gasteiger partial charge on any atom is 0.410 e. The van der Waals surface area contributed by atoms with E-state index in [2.05, 4.69) is 0 Å². The van der Waals surface area contributed by atoms with Crippen LogP contribution in [0.25, 0.3) is 0 Å². The maximum absolute atomic E-state index is 12.0. The third-order valence-corrected chi connectivity index (χ3v) is 3.73. The number of hydrogen-bond donors (Lipinski definition) is 0. The van der Waals surface area contributed by atoms with Crippen LogP contribution in [0.15, 0.2) is 30.3 Å². The molecular weight excluding hydrogens is 284 g/mol. The van der Waals surface area contributed by atoms with Crippen molar-refractivity contribution in [2.24, 2.45) is 0 Å². The van der Waals surface area contributed by atoms with Crippen molar-refractivity contribution in [1.82, 2.24) is 9.80 Å². The summed E-state index contributed by atoms with van der Waals surface area (Å²) in [5.41, 5.74) is 0.933. The van der Waals surface area contributed by atoms with Gasteiger partial charge in [-0.3, -0.25) is 4.79 Å². The van der Waals surface area contributed by atoms with Crippen molar-refractivity contribution in [2.45, 2.75) is 26.0 Å². The van der Waals surface area contributed by atoms with Gasteiger partial charge in [0.1, 0.15) is 13.3 Å². The summed E-state index contributed by atoms with van der Waals surface area (Å²) in [6, 6.07) is 9.27. The second kappa shape index (κ2) is 7.79. The topological polar surface area (TPSA) is 59.1 Å². The quantitative estimate of drug-likeness (QED) is 0.833. The maximum atomic E-state index is 12.0. The normalized spacial score (nSPS) is 15.5. The molecule has 0 radical (unpaired) electrons. The van der Waals surface area contributed by atoms with Crippen LogP contribution < -0.4 is 0 Å². The van der Waals surface area contributed by atoms with Gasteiger partial charge in [-0.25, -0.2) is 4.79 Å². The number of amides is 2. The second-order valence-electron chi connectivity index (χ2n) is 5.40. The van der Waals surface area contributed by atoms with Crippen molar-refractivity contribution in [2.75, 3.05) is 26.9 Å². The van der Waals surface area contributed by atoms with Gasteiger partial charge in [-0.15, -0.1) is 0 Å². The van der Waals surface area contributed by atoms with E-state index in [1.807, 2.05) is 37.3 Å². The first-order chi connectivity index (χ1) is 10.6. The molecule has 2 amide bonds. The molecule has 0 saturated carbocycles. The highest BCUT2D eigenvalue weighted by molar-refractivity contribution is 5.77. The minimum absolute atomic E-state index is 0.00675. The lowest BCUT2D eigenvalue weighted by Crippen LogP contribution is -2.40. The monoisotopic (exact) mass is 306 g/mol. The van der Waals surface area contributed by atoms with Gasteiger partial charge in [0, 0.05) is 26.1 Å². The first-order valence-electron chi connectivity index (χ1n) is 7.37. The van der Waals surface area contributed by atoms with Gasteiger partial charge in [-0.1, -0.05) is 30.3 Å². The summed E-state index contributed by atoms with van der Waals surface area (Å²) in [7, 11) is 1.64. The average Bonchev–Trinajstić information content (AvgIpc) is 3.07. The molecule has 1 saturated heterocycles. The molecule has 1 aromatic rings. The van der Waals surface area contributed by atoms with Crippen molar-refractivity contribution >= 4 is 12.0 Å². The number of carbonyl (C=O) groups excluding carboxylic acids is 2. The summed E-state index contributed by atoms with van der Waals surface area (Å²) in [4.78, 5) is 27.2. The standard InChI is InChI=1S/C16H22N2O4/c1-13(10-15(19)18-8-9-21-12-18)17(2)16(20)22-11-14-6-4-3-5-7-14/h3-7,13H,8-12H2,1-2H3. The van der Waals surface area contributed by atoms with E-state index in [0.29, 0.717) is 19.9 Å². The van der Waals surface area contributed by atoms with Gasteiger partial charge in [-0.2, -0.15) is 0 Å². The number of ether oxygens (including phenoxy) is 2. The van der Waals surface area contributed by atoms with E-state index in [-0.39, 0.29) is 25.0 Å². The number of carbonyl (C=O) groups is 2. The molecule has 0 aliphatic carbocycles. The Bertz CT molecular complexity index is 500. The lowest BCUT2D eigenvalue weighted by Gasteiger charge is -2.25. The van der Waals surface area contributed by atoms with Gasteiger partial charge < -0.3 is 19.3 Å². The molecule has 0 N–H and O–H groups in total. The van der Waals surface area contributed by atoms with E-state index < -0.39 is 6.09 Å². The van der Waals surface area contributed by atoms with E-state index in [1.54, 1.807) is 11.9 Å². The summed E-state index contributed by atoms with van der Waals surface area (Å²) < 4.78 is 10.4. The summed E-state index contributed by atoms with van der Waals surface area (Å²) in [5, 5.41) is 0. The Morgan fingerprint density at radius 1 is 1.36 bits per heavy atom. The lowest BCUT2D eigenvalue weighted by atomic mass is 10.2. The Balaban J connectivity index is 1.77. The third-order valence-electron chi connectivity index (χ3n) is 3.73. The van der Waals surface area contributed by atoms with Gasteiger partial charge in [0.05, 0.1) is 6.61 Å². The van der Waals surface area contributed by atoms with Gasteiger partial charge in [0.25, 0.3) is 0 Å². The van der Waals surface area contributed by atoms with Crippen molar-refractivity contribution < 1.29 is 19.1 Å². The van der Waals surface area contributed by atoms with Gasteiger partial charge in [0.15, 0.2) is 0 Å². The lowest BCUT2D eigenvalue weighted by molar-refractivity contribution is -0.132. The molecule has 1 atom stereocenters. The number of hydrogen-bond acceptors (Lipinski definition) is 4. The molecule has 0 bridgehead atoms.